The fourth-order valence-corrected chi connectivity index (χ4v) is 3.97. The highest BCUT2D eigenvalue weighted by Crippen LogP contribution is 2.39. The van der Waals surface area contributed by atoms with E-state index in [-0.39, 0.29) is 5.54 Å². The van der Waals surface area contributed by atoms with E-state index in [0.717, 1.165) is 12.5 Å². The van der Waals surface area contributed by atoms with Crippen LogP contribution in [0.25, 0.3) is 0 Å². The van der Waals surface area contributed by atoms with Crippen molar-refractivity contribution in [3.63, 3.8) is 0 Å². The van der Waals surface area contributed by atoms with Gasteiger partial charge in [0.1, 0.15) is 0 Å². The van der Waals surface area contributed by atoms with Gasteiger partial charge in [-0.3, -0.25) is 4.90 Å². The molecule has 2 atom stereocenters. The van der Waals surface area contributed by atoms with Crippen molar-refractivity contribution in [3.05, 3.63) is 0 Å². The van der Waals surface area contributed by atoms with Crippen LogP contribution in [0.2, 0.25) is 0 Å². The van der Waals surface area contributed by atoms with Crippen LogP contribution in [0.4, 0.5) is 0 Å². The van der Waals surface area contributed by atoms with Gasteiger partial charge < -0.3 is 10.6 Å². The van der Waals surface area contributed by atoms with Crippen LogP contribution < -0.4 is 5.73 Å². The van der Waals surface area contributed by atoms with Crippen molar-refractivity contribution in [1.82, 2.24) is 9.80 Å². The Balaban J connectivity index is 2.13. The summed E-state index contributed by atoms with van der Waals surface area (Å²) in [7, 11) is 2.30. The molecule has 0 aliphatic carbocycles. The second kappa shape index (κ2) is 5.25. The minimum atomic E-state index is 0.255. The second-order valence-corrected chi connectivity index (χ2v) is 6.11. The molecule has 0 spiro atoms. The normalized spacial score (nSPS) is 38.6. The topological polar surface area (TPSA) is 32.5 Å². The van der Waals surface area contributed by atoms with Crippen LogP contribution in [0.15, 0.2) is 0 Å². The Bertz CT molecular complexity index is 248. The summed E-state index contributed by atoms with van der Waals surface area (Å²) in [6, 6.07) is 0.657. The first-order valence-electron chi connectivity index (χ1n) is 7.29. The number of piperidine rings is 3. The first kappa shape index (κ1) is 13.3. The molecular weight excluding hydrogens is 210 g/mol. The van der Waals surface area contributed by atoms with Crippen molar-refractivity contribution in [3.8, 4) is 0 Å². The van der Waals surface area contributed by atoms with Gasteiger partial charge >= 0.3 is 0 Å². The van der Waals surface area contributed by atoms with Crippen LogP contribution >= 0.6 is 0 Å². The van der Waals surface area contributed by atoms with Gasteiger partial charge in [0, 0.05) is 24.7 Å². The van der Waals surface area contributed by atoms with Crippen LogP contribution in [-0.4, -0.2) is 54.6 Å². The maximum Gasteiger partial charge on any atom is 0.0487 e. The van der Waals surface area contributed by atoms with E-state index in [4.69, 9.17) is 5.73 Å². The zero-order chi connectivity index (χ0) is 12.5. The average Bonchev–Trinajstić information content (AvgIpc) is 2.39. The molecule has 100 valence electrons. The summed E-state index contributed by atoms with van der Waals surface area (Å²) in [6.07, 6.45) is 5.24. The molecule has 0 aromatic rings. The molecule has 3 aliphatic rings. The highest BCUT2D eigenvalue weighted by atomic mass is 15.3. The summed E-state index contributed by atoms with van der Waals surface area (Å²) in [5, 5.41) is 0. The fourth-order valence-electron chi connectivity index (χ4n) is 3.97. The molecule has 3 saturated heterocycles. The third kappa shape index (κ3) is 2.25. The number of nitrogens with two attached hydrogens (primary N) is 1. The Morgan fingerprint density at radius 2 is 2.06 bits per heavy atom. The van der Waals surface area contributed by atoms with Crippen LogP contribution in [0.3, 0.4) is 0 Å². The first-order valence-corrected chi connectivity index (χ1v) is 7.29. The molecule has 3 aliphatic heterocycles. The summed E-state index contributed by atoms with van der Waals surface area (Å²) in [4.78, 5) is 5.22. The molecule has 3 rings (SSSR count). The Labute approximate surface area is 106 Å². The second-order valence-electron chi connectivity index (χ2n) is 6.11. The standard InChI is InChI=1S/C14H29N3/c1-4-5-12(2)16(3)14(10-15)11-17-8-6-13(14)7-9-17/h12-13H,4-11,15H2,1-3H3. The van der Waals surface area contributed by atoms with Crippen molar-refractivity contribution in [2.75, 3.05) is 33.2 Å². The van der Waals surface area contributed by atoms with E-state index in [1.54, 1.807) is 0 Å². The van der Waals surface area contributed by atoms with Crippen molar-refractivity contribution in [2.24, 2.45) is 11.7 Å². The number of fused-ring (bicyclic) bond motifs is 3. The van der Waals surface area contributed by atoms with Gasteiger partial charge in [-0.05, 0) is 52.2 Å². The van der Waals surface area contributed by atoms with Crippen molar-refractivity contribution in [1.29, 1.82) is 0 Å². The maximum atomic E-state index is 6.19. The Morgan fingerprint density at radius 3 is 2.47 bits per heavy atom. The molecule has 2 N–H and O–H groups in total. The molecule has 0 radical (unpaired) electrons. The summed E-state index contributed by atoms with van der Waals surface area (Å²) >= 11 is 0. The molecule has 3 nitrogen and oxygen atoms in total. The molecular formula is C14H29N3. The summed E-state index contributed by atoms with van der Waals surface area (Å²) in [5.41, 5.74) is 6.45. The van der Waals surface area contributed by atoms with E-state index in [2.05, 4.69) is 30.7 Å². The lowest BCUT2D eigenvalue weighted by molar-refractivity contribution is -0.0715. The van der Waals surface area contributed by atoms with Crippen LogP contribution in [0, 0.1) is 5.92 Å². The lowest BCUT2D eigenvalue weighted by atomic mass is 9.71. The molecule has 3 heteroatoms. The van der Waals surface area contributed by atoms with Gasteiger partial charge in [0.25, 0.3) is 0 Å². The molecule has 0 amide bonds. The maximum absolute atomic E-state index is 6.19. The predicted molar refractivity (Wildman–Crippen MR) is 73.1 cm³/mol. The van der Waals surface area contributed by atoms with E-state index in [1.807, 2.05) is 0 Å². The summed E-state index contributed by atoms with van der Waals surface area (Å²) in [6.45, 7) is 9.23. The van der Waals surface area contributed by atoms with E-state index in [9.17, 15) is 0 Å². The molecule has 3 fully saturated rings. The third-order valence-electron chi connectivity index (χ3n) is 5.27. The molecule has 0 saturated carbocycles. The van der Waals surface area contributed by atoms with Crippen LogP contribution in [-0.2, 0) is 0 Å². The van der Waals surface area contributed by atoms with E-state index in [1.165, 1.54) is 45.3 Å². The third-order valence-corrected chi connectivity index (χ3v) is 5.27. The van der Waals surface area contributed by atoms with Crippen molar-refractivity contribution in [2.45, 2.75) is 51.1 Å². The van der Waals surface area contributed by atoms with Gasteiger partial charge in [-0.15, -0.1) is 0 Å². The number of likely N-dealkylation sites (N-methyl/N-ethyl adjacent to an activating group) is 1. The zero-order valence-electron chi connectivity index (χ0n) is 11.8. The first-order chi connectivity index (χ1) is 8.14. The Hall–Kier alpha value is -0.120. The van der Waals surface area contributed by atoms with Gasteiger partial charge in [-0.1, -0.05) is 13.3 Å². The number of nitrogens with zero attached hydrogens (tertiary/aromatic N) is 2. The molecule has 0 aromatic heterocycles. The SMILES string of the molecule is CCCC(C)N(C)C1(CN)CN2CCC1CC2. The lowest BCUT2D eigenvalue weighted by Crippen LogP contribution is -2.70. The summed E-state index contributed by atoms with van der Waals surface area (Å²) in [5.74, 6) is 0.821. The van der Waals surface area contributed by atoms with Gasteiger partial charge in [0.2, 0.25) is 0 Å². The molecule has 3 heterocycles. The average molecular weight is 239 g/mol. The quantitative estimate of drug-likeness (QED) is 0.790. The van der Waals surface area contributed by atoms with Crippen LogP contribution in [0.1, 0.15) is 39.5 Å². The van der Waals surface area contributed by atoms with Crippen LogP contribution in [0.5, 0.6) is 0 Å². The van der Waals surface area contributed by atoms with Gasteiger partial charge in [-0.2, -0.15) is 0 Å². The number of hydrogen-bond acceptors (Lipinski definition) is 3. The minimum Gasteiger partial charge on any atom is -0.329 e. The Morgan fingerprint density at radius 1 is 1.41 bits per heavy atom. The highest BCUT2D eigenvalue weighted by Gasteiger charge is 2.49. The predicted octanol–water partition coefficient (Wildman–Crippen LogP) is 1.53. The number of rotatable bonds is 5. The molecule has 2 unspecified atom stereocenters. The fraction of sp³-hybridized carbons (Fsp3) is 1.00. The number of hydrogen-bond donors (Lipinski definition) is 1. The largest absolute Gasteiger partial charge is 0.329 e. The van der Waals surface area contributed by atoms with Gasteiger partial charge in [0.05, 0.1) is 0 Å². The Kier molecular flexibility index (Phi) is 4.11. The van der Waals surface area contributed by atoms with Crippen molar-refractivity contribution >= 4 is 0 Å². The van der Waals surface area contributed by atoms with E-state index < -0.39 is 0 Å². The minimum absolute atomic E-state index is 0.255. The van der Waals surface area contributed by atoms with Gasteiger partial charge in [-0.25, -0.2) is 0 Å². The molecule has 0 aromatic carbocycles. The van der Waals surface area contributed by atoms with E-state index in [0.29, 0.717) is 6.04 Å². The lowest BCUT2D eigenvalue weighted by Gasteiger charge is -2.58. The van der Waals surface area contributed by atoms with Gasteiger partial charge in [0.15, 0.2) is 0 Å². The molecule has 2 bridgehead atoms. The molecule has 17 heavy (non-hydrogen) atoms. The summed E-state index contributed by atoms with van der Waals surface area (Å²) < 4.78 is 0. The zero-order valence-corrected chi connectivity index (χ0v) is 11.8. The smallest absolute Gasteiger partial charge is 0.0487 e. The monoisotopic (exact) mass is 239 g/mol. The van der Waals surface area contributed by atoms with E-state index >= 15 is 0 Å². The van der Waals surface area contributed by atoms with Crippen molar-refractivity contribution < 1.29 is 0 Å². The highest BCUT2D eigenvalue weighted by molar-refractivity contribution is 5.06.